The number of aromatic amines is 1. The molecule has 2 heterocycles. The van der Waals surface area contributed by atoms with Crippen molar-refractivity contribution >= 4 is 10.0 Å². The lowest BCUT2D eigenvalue weighted by molar-refractivity contribution is 0.0112. The average Bonchev–Trinajstić information content (AvgIpc) is 2.76. The van der Waals surface area contributed by atoms with E-state index in [4.69, 9.17) is 9.88 Å². The molecule has 7 nitrogen and oxygen atoms in total. The zero-order valence-corrected chi connectivity index (χ0v) is 10.2. The Morgan fingerprint density at radius 3 is 2.88 bits per heavy atom. The van der Waals surface area contributed by atoms with Crippen LogP contribution in [0, 0.1) is 0 Å². The summed E-state index contributed by atoms with van der Waals surface area (Å²) in [6.45, 7) is 0.809. The monoisotopic (exact) mass is 260 g/mol. The molecule has 1 unspecified atom stereocenters. The summed E-state index contributed by atoms with van der Waals surface area (Å²) >= 11 is 0. The molecule has 3 N–H and O–H groups in total. The maximum Gasteiger partial charge on any atom is 0.282 e. The van der Waals surface area contributed by atoms with Crippen molar-refractivity contribution in [2.24, 2.45) is 5.14 Å². The molecule has 1 aromatic heterocycles. The van der Waals surface area contributed by atoms with E-state index in [9.17, 15) is 8.42 Å². The van der Waals surface area contributed by atoms with Crippen molar-refractivity contribution in [2.45, 2.75) is 43.4 Å². The Kier molecular flexibility index (Phi) is 3.75. The summed E-state index contributed by atoms with van der Waals surface area (Å²) in [5.41, 5.74) is 0. The first-order valence-corrected chi connectivity index (χ1v) is 7.16. The quantitative estimate of drug-likeness (QED) is 0.788. The molecule has 1 fully saturated rings. The molecule has 8 heteroatoms. The van der Waals surface area contributed by atoms with E-state index >= 15 is 0 Å². The number of H-pyrrole nitrogens is 1. The van der Waals surface area contributed by atoms with Crippen LogP contribution in [0.2, 0.25) is 0 Å². The maximum atomic E-state index is 11.0. The van der Waals surface area contributed by atoms with Gasteiger partial charge in [0.05, 0.1) is 6.10 Å². The number of aryl methyl sites for hydroxylation is 1. The Morgan fingerprint density at radius 2 is 2.29 bits per heavy atom. The summed E-state index contributed by atoms with van der Waals surface area (Å²) < 4.78 is 27.5. The van der Waals surface area contributed by atoms with Crippen LogP contribution in [0.25, 0.3) is 0 Å². The summed E-state index contributed by atoms with van der Waals surface area (Å²) in [6.07, 6.45) is 5.03. The Bertz CT molecular complexity index is 464. The minimum absolute atomic E-state index is 0.242. The van der Waals surface area contributed by atoms with E-state index in [0.717, 1.165) is 25.9 Å². The molecule has 0 bridgehead atoms. The van der Waals surface area contributed by atoms with Crippen LogP contribution in [0.5, 0.6) is 0 Å². The molecule has 2 rings (SSSR count). The van der Waals surface area contributed by atoms with Crippen LogP contribution in [-0.4, -0.2) is 36.3 Å². The van der Waals surface area contributed by atoms with Gasteiger partial charge in [0.15, 0.2) is 0 Å². The lowest BCUT2D eigenvalue weighted by Crippen LogP contribution is -2.19. The zero-order valence-electron chi connectivity index (χ0n) is 9.42. The van der Waals surface area contributed by atoms with Crippen LogP contribution in [0.4, 0.5) is 0 Å². The fourth-order valence-electron chi connectivity index (χ4n) is 1.85. The molecule has 0 radical (unpaired) electrons. The molecule has 1 atom stereocenters. The van der Waals surface area contributed by atoms with E-state index in [1.54, 1.807) is 0 Å². The zero-order chi connectivity index (χ0) is 12.3. The predicted molar refractivity (Wildman–Crippen MR) is 59.7 cm³/mol. The second kappa shape index (κ2) is 5.11. The maximum absolute atomic E-state index is 11.0. The third-order valence-electron chi connectivity index (χ3n) is 2.74. The largest absolute Gasteiger partial charge is 0.378 e. The number of nitrogens with one attached hydrogen (secondary N) is 1. The van der Waals surface area contributed by atoms with Crippen LogP contribution in [-0.2, 0) is 21.2 Å². The van der Waals surface area contributed by atoms with E-state index in [-0.39, 0.29) is 11.3 Å². The molecule has 1 saturated heterocycles. The van der Waals surface area contributed by atoms with Gasteiger partial charge < -0.3 is 4.74 Å². The van der Waals surface area contributed by atoms with Gasteiger partial charge >= 0.3 is 0 Å². The van der Waals surface area contributed by atoms with E-state index in [2.05, 4.69) is 15.2 Å². The molecule has 0 aliphatic carbocycles. The number of rotatable bonds is 4. The van der Waals surface area contributed by atoms with Crippen LogP contribution in [0.1, 0.15) is 31.5 Å². The SMILES string of the molecule is NS(=O)(=O)c1n[nH]c(CCC2CCCCO2)n1. The fraction of sp³-hybridized carbons (Fsp3) is 0.778. The van der Waals surface area contributed by atoms with Gasteiger partial charge in [0.25, 0.3) is 15.2 Å². The van der Waals surface area contributed by atoms with Crippen LogP contribution < -0.4 is 5.14 Å². The molecule has 1 aliphatic rings. The predicted octanol–water partition coefficient (Wildman–Crippen LogP) is -0.0462. The van der Waals surface area contributed by atoms with Crippen molar-refractivity contribution in [3.8, 4) is 0 Å². The number of sulfonamides is 1. The first-order valence-electron chi connectivity index (χ1n) is 5.61. The van der Waals surface area contributed by atoms with Crippen molar-refractivity contribution in [1.82, 2.24) is 15.2 Å². The Hall–Kier alpha value is -0.990. The Balaban J connectivity index is 1.89. The van der Waals surface area contributed by atoms with Crippen LogP contribution in [0.15, 0.2) is 5.16 Å². The molecule has 0 spiro atoms. The Morgan fingerprint density at radius 1 is 1.47 bits per heavy atom. The number of nitrogens with two attached hydrogens (primary N) is 1. The third-order valence-corrected chi connectivity index (χ3v) is 3.43. The molecule has 0 saturated carbocycles. The Labute approximate surface area is 99.8 Å². The highest BCUT2D eigenvalue weighted by molar-refractivity contribution is 7.89. The summed E-state index contributed by atoms with van der Waals surface area (Å²) in [4.78, 5) is 3.83. The topological polar surface area (TPSA) is 111 Å². The average molecular weight is 260 g/mol. The number of hydrogen-bond donors (Lipinski definition) is 2. The van der Waals surface area contributed by atoms with E-state index in [1.807, 2.05) is 0 Å². The molecular formula is C9H16N4O3S. The van der Waals surface area contributed by atoms with Gasteiger partial charge in [-0.2, -0.15) is 0 Å². The minimum atomic E-state index is -3.81. The van der Waals surface area contributed by atoms with Crippen molar-refractivity contribution in [1.29, 1.82) is 0 Å². The second-order valence-electron chi connectivity index (χ2n) is 4.14. The van der Waals surface area contributed by atoms with Gasteiger partial charge in [-0.15, -0.1) is 5.10 Å². The molecular weight excluding hydrogens is 244 g/mol. The summed E-state index contributed by atoms with van der Waals surface area (Å²) in [5.74, 6) is 0.531. The van der Waals surface area contributed by atoms with Gasteiger partial charge in [-0.25, -0.2) is 18.5 Å². The minimum Gasteiger partial charge on any atom is -0.378 e. The second-order valence-corrected chi connectivity index (χ2v) is 5.59. The third kappa shape index (κ3) is 3.48. The summed E-state index contributed by atoms with van der Waals surface area (Å²) in [5, 5.41) is 10.7. The van der Waals surface area contributed by atoms with Gasteiger partial charge in [0, 0.05) is 13.0 Å². The van der Waals surface area contributed by atoms with Crippen molar-refractivity contribution in [3.63, 3.8) is 0 Å². The highest BCUT2D eigenvalue weighted by Gasteiger charge is 2.17. The van der Waals surface area contributed by atoms with Crippen molar-refractivity contribution in [3.05, 3.63) is 5.82 Å². The smallest absolute Gasteiger partial charge is 0.282 e. The number of ether oxygens (including phenoxy) is 1. The van der Waals surface area contributed by atoms with E-state index < -0.39 is 10.0 Å². The van der Waals surface area contributed by atoms with Crippen molar-refractivity contribution in [2.75, 3.05) is 6.61 Å². The highest BCUT2D eigenvalue weighted by Crippen LogP contribution is 2.17. The number of primary sulfonamides is 1. The molecule has 96 valence electrons. The van der Waals surface area contributed by atoms with E-state index in [1.165, 1.54) is 6.42 Å². The fourth-order valence-corrected chi connectivity index (χ4v) is 2.26. The van der Waals surface area contributed by atoms with Gasteiger partial charge in [0.1, 0.15) is 5.82 Å². The highest BCUT2D eigenvalue weighted by atomic mass is 32.2. The molecule has 1 aliphatic heterocycles. The first kappa shape index (κ1) is 12.5. The molecule has 0 aromatic carbocycles. The first-order chi connectivity index (χ1) is 8.05. The number of hydrogen-bond acceptors (Lipinski definition) is 5. The number of aromatic nitrogens is 3. The molecule has 17 heavy (non-hydrogen) atoms. The normalized spacial score (nSPS) is 21.6. The van der Waals surface area contributed by atoms with Gasteiger partial charge in [-0.1, -0.05) is 0 Å². The van der Waals surface area contributed by atoms with Crippen LogP contribution >= 0.6 is 0 Å². The molecule has 0 amide bonds. The lowest BCUT2D eigenvalue weighted by atomic mass is 10.0. The standard InChI is InChI=1S/C9H16N4O3S/c10-17(14,15)9-11-8(12-13-9)5-4-7-3-1-2-6-16-7/h7H,1-6H2,(H2,10,14,15)(H,11,12,13). The lowest BCUT2D eigenvalue weighted by Gasteiger charge is -2.21. The van der Waals surface area contributed by atoms with E-state index in [0.29, 0.717) is 12.2 Å². The van der Waals surface area contributed by atoms with Gasteiger partial charge in [-0.3, -0.25) is 5.10 Å². The summed E-state index contributed by atoms with van der Waals surface area (Å²) in [6, 6.07) is 0. The van der Waals surface area contributed by atoms with Gasteiger partial charge in [-0.05, 0) is 25.7 Å². The number of nitrogens with zero attached hydrogens (tertiary/aromatic N) is 2. The van der Waals surface area contributed by atoms with Crippen molar-refractivity contribution < 1.29 is 13.2 Å². The molecule has 1 aromatic rings. The van der Waals surface area contributed by atoms with Gasteiger partial charge in [0.2, 0.25) is 0 Å². The van der Waals surface area contributed by atoms with Crippen LogP contribution in [0.3, 0.4) is 0 Å². The summed E-state index contributed by atoms with van der Waals surface area (Å²) in [7, 11) is -3.81.